The van der Waals surface area contributed by atoms with Crippen LogP contribution in [0.25, 0.3) is 0 Å². The normalized spacial score (nSPS) is 42.5. The summed E-state index contributed by atoms with van der Waals surface area (Å²) in [5.41, 5.74) is -0.292. The van der Waals surface area contributed by atoms with E-state index in [1.807, 2.05) is 6.92 Å². The second-order valence-corrected chi connectivity index (χ2v) is 18.4. The molecule has 0 amide bonds. The van der Waals surface area contributed by atoms with Gasteiger partial charge in [-0.25, -0.2) is 0 Å². The fourth-order valence-corrected chi connectivity index (χ4v) is 8.10. The van der Waals surface area contributed by atoms with Crippen molar-refractivity contribution in [3.05, 3.63) is 12.2 Å². The number of carbonyl (C=O) groups is 1. The third-order valence-corrected chi connectivity index (χ3v) is 14.4. The number of fused-ring (bicyclic) bond motifs is 2. The van der Waals surface area contributed by atoms with Gasteiger partial charge >= 0.3 is 0 Å². The maximum atomic E-state index is 13.8. The summed E-state index contributed by atoms with van der Waals surface area (Å²) in [6.07, 6.45) is 10.6. The lowest BCUT2D eigenvalue weighted by Gasteiger charge is -2.45. The number of hydrogen-bond acceptors (Lipinski definition) is 6. The molecule has 4 saturated heterocycles. The fourth-order valence-electron chi connectivity index (χ4n) is 6.81. The zero-order valence-electron chi connectivity index (χ0n) is 23.0. The number of Topliss-reactive ketones (excluding diaryl/α,β-unsaturated/α-hetero) is 1. The van der Waals surface area contributed by atoms with Crippen molar-refractivity contribution < 1.29 is 23.4 Å². The maximum Gasteiger partial charge on any atom is 0.286 e. The van der Waals surface area contributed by atoms with Gasteiger partial charge in [-0.2, -0.15) is 0 Å². The first-order valence-electron chi connectivity index (χ1n) is 14.0. The second-order valence-electron chi connectivity index (χ2n) is 13.6. The molecule has 6 nitrogen and oxygen atoms in total. The lowest BCUT2D eigenvalue weighted by Crippen LogP contribution is -2.52. The van der Waals surface area contributed by atoms with E-state index in [9.17, 15) is 4.79 Å². The van der Waals surface area contributed by atoms with E-state index in [0.717, 1.165) is 25.8 Å². The average Bonchev–Trinajstić information content (AvgIpc) is 3.14. The van der Waals surface area contributed by atoms with Crippen molar-refractivity contribution in [2.75, 3.05) is 19.8 Å². The Morgan fingerprint density at radius 1 is 1.23 bits per heavy atom. The molecule has 1 aliphatic carbocycles. The highest BCUT2D eigenvalue weighted by molar-refractivity contribution is 6.74. The Hall–Kier alpha value is -0.573. The van der Waals surface area contributed by atoms with Gasteiger partial charge in [0.05, 0.1) is 31.0 Å². The number of hydrogen-bond donors (Lipinski definition) is 0. The van der Waals surface area contributed by atoms with E-state index in [2.05, 4.69) is 57.8 Å². The molecule has 8 atom stereocenters. The van der Waals surface area contributed by atoms with Crippen LogP contribution in [-0.4, -0.2) is 68.5 Å². The molecule has 0 saturated carbocycles. The van der Waals surface area contributed by atoms with Gasteiger partial charge in [-0.3, -0.25) is 9.69 Å². The zero-order chi connectivity index (χ0) is 25.2. The minimum atomic E-state index is -1.88. The van der Waals surface area contributed by atoms with Gasteiger partial charge in [0.1, 0.15) is 0 Å². The molecule has 4 fully saturated rings. The molecule has 35 heavy (non-hydrogen) atoms. The molecule has 3 unspecified atom stereocenters. The van der Waals surface area contributed by atoms with Gasteiger partial charge < -0.3 is 18.6 Å². The highest BCUT2D eigenvalue weighted by Crippen LogP contribution is 2.48. The monoisotopic (exact) mass is 505 g/mol. The number of nitrogens with zero attached hydrogens (tertiary/aromatic N) is 1. The smallest absolute Gasteiger partial charge is 0.286 e. The number of rotatable bonds is 6. The quantitative estimate of drug-likeness (QED) is 0.362. The molecule has 0 spiro atoms. The molecular weight excluding hydrogens is 458 g/mol. The first kappa shape index (κ1) is 26.1. The van der Waals surface area contributed by atoms with Crippen LogP contribution in [0.3, 0.4) is 0 Å². The van der Waals surface area contributed by atoms with Crippen LogP contribution in [0.15, 0.2) is 12.2 Å². The predicted octanol–water partition coefficient (Wildman–Crippen LogP) is 5.28. The largest absolute Gasteiger partial charge is 0.410 e. The Bertz CT molecular complexity index is 855. The zero-order valence-corrected chi connectivity index (χ0v) is 24.0. The molecule has 0 aromatic rings. The van der Waals surface area contributed by atoms with E-state index in [0.29, 0.717) is 43.3 Å². The average molecular weight is 506 g/mol. The highest BCUT2D eigenvalue weighted by Gasteiger charge is 2.57. The maximum absolute atomic E-state index is 13.8. The summed E-state index contributed by atoms with van der Waals surface area (Å²) in [6, 6.07) is 0.380. The van der Waals surface area contributed by atoms with Gasteiger partial charge in [-0.05, 0) is 56.8 Å². The second kappa shape index (κ2) is 9.02. The van der Waals surface area contributed by atoms with Crippen LogP contribution in [0.1, 0.15) is 73.1 Å². The summed E-state index contributed by atoms with van der Waals surface area (Å²) in [5, 5.41) is 0.188. The summed E-state index contributed by atoms with van der Waals surface area (Å²) in [4.78, 5) is 16.3. The molecule has 198 valence electrons. The Morgan fingerprint density at radius 2 is 2.00 bits per heavy atom. The number of ether oxygens (including phenoxy) is 3. The minimum absolute atomic E-state index is 0.0305. The van der Waals surface area contributed by atoms with Gasteiger partial charge in [0.25, 0.3) is 5.97 Å². The Morgan fingerprint density at radius 3 is 2.74 bits per heavy atom. The minimum Gasteiger partial charge on any atom is -0.410 e. The Labute approximate surface area is 213 Å². The van der Waals surface area contributed by atoms with Crippen molar-refractivity contribution >= 4 is 14.1 Å². The van der Waals surface area contributed by atoms with Crippen LogP contribution in [0, 0.1) is 17.8 Å². The van der Waals surface area contributed by atoms with Crippen molar-refractivity contribution in [1.82, 2.24) is 4.90 Å². The first-order chi connectivity index (χ1) is 16.3. The lowest BCUT2D eigenvalue weighted by molar-refractivity contribution is -0.388. The van der Waals surface area contributed by atoms with Gasteiger partial charge in [0.2, 0.25) is 0 Å². The van der Waals surface area contributed by atoms with Crippen LogP contribution in [0.2, 0.25) is 18.1 Å². The van der Waals surface area contributed by atoms with E-state index in [-0.39, 0.29) is 28.7 Å². The van der Waals surface area contributed by atoms with Gasteiger partial charge in [-0.1, -0.05) is 46.3 Å². The van der Waals surface area contributed by atoms with Crippen molar-refractivity contribution in [1.29, 1.82) is 0 Å². The Kier molecular flexibility index (Phi) is 6.71. The third-order valence-electron chi connectivity index (χ3n) is 9.95. The highest BCUT2D eigenvalue weighted by atomic mass is 28.4. The molecular formula is C28H47NO5Si. The molecule has 0 N–H and O–H groups in total. The van der Waals surface area contributed by atoms with Crippen LogP contribution in [0.4, 0.5) is 0 Å². The van der Waals surface area contributed by atoms with E-state index in [4.69, 9.17) is 18.6 Å². The number of carbonyl (C=O) groups excluding carboxylic acids is 1. The summed E-state index contributed by atoms with van der Waals surface area (Å²) < 4.78 is 25.3. The third kappa shape index (κ3) is 4.63. The molecule has 4 aliphatic heterocycles. The van der Waals surface area contributed by atoms with E-state index >= 15 is 0 Å². The van der Waals surface area contributed by atoms with Crippen LogP contribution in [0.5, 0.6) is 0 Å². The van der Waals surface area contributed by atoms with Gasteiger partial charge in [0, 0.05) is 30.7 Å². The van der Waals surface area contributed by atoms with Crippen molar-refractivity contribution in [3.63, 3.8) is 0 Å². The molecule has 0 radical (unpaired) electrons. The summed E-state index contributed by atoms with van der Waals surface area (Å²) in [6.45, 7) is 18.0. The van der Waals surface area contributed by atoms with Crippen LogP contribution >= 0.6 is 0 Å². The standard InChI is InChI=1S/C28H47NO5Si/c1-19(28-31-15-13-27(5,34-28)18-32-28)16-23(30)22-17-20-11-12-24(33-35(6,7)26(2,3)4)21-10-8-9-14-29(22)25(20)21/h11-12,19-22,24-25H,8-10,13-18H2,1-7H3/t19?,20-,21+,22-,24+,25-,27?,28?/m0/s1. The fraction of sp³-hybridized carbons (Fsp3) is 0.893. The first-order valence-corrected chi connectivity index (χ1v) is 16.9. The molecule has 0 aromatic heterocycles. The molecule has 2 bridgehead atoms. The van der Waals surface area contributed by atoms with Gasteiger partial charge in [0.15, 0.2) is 14.1 Å². The van der Waals surface area contributed by atoms with Crippen LogP contribution < -0.4 is 0 Å². The predicted molar refractivity (Wildman–Crippen MR) is 138 cm³/mol. The SMILES string of the molecule is CC(CC(=O)[C@@H]1C[C@@H]2C=C[C@@H](O[Si](C)(C)C(C)(C)C)[C@H]3CCCCN1[C@H]32)C12OCCC(C)(CO1)O2. The van der Waals surface area contributed by atoms with Crippen molar-refractivity contribution in [2.45, 2.75) is 121 Å². The molecule has 4 heterocycles. The summed E-state index contributed by atoms with van der Waals surface area (Å²) >= 11 is 0. The Balaban J connectivity index is 1.31. The molecule has 5 rings (SSSR count). The molecule has 5 aliphatic rings. The molecule has 7 heteroatoms. The van der Waals surface area contributed by atoms with Gasteiger partial charge in [-0.15, -0.1) is 0 Å². The molecule has 0 aromatic carbocycles. The lowest BCUT2D eigenvalue weighted by atomic mass is 9.78. The summed E-state index contributed by atoms with van der Waals surface area (Å²) in [7, 11) is -1.88. The van der Waals surface area contributed by atoms with Crippen molar-refractivity contribution in [3.8, 4) is 0 Å². The van der Waals surface area contributed by atoms with E-state index in [1.54, 1.807) is 0 Å². The van der Waals surface area contributed by atoms with Crippen LogP contribution in [-0.2, 0) is 23.4 Å². The van der Waals surface area contributed by atoms with E-state index < -0.39 is 14.3 Å². The van der Waals surface area contributed by atoms with E-state index in [1.165, 1.54) is 12.8 Å². The topological polar surface area (TPSA) is 57.2 Å². The van der Waals surface area contributed by atoms with Crippen molar-refractivity contribution in [2.24, 2.45) is 17.8 Å². The number of ketones is 1. The summed E-state index contributed by atoms with van der Waals surface area (Å²) in [5.74, 6) is 0.0318.